The molecule has 2 N–H and O–H groups in total. The number of aromatic nitrogens is 3. The van der Waals surface area contributed by atoms with E-state index in [4.69, 9.17) is 9.47 Å². The zero-order valence-electron chi connectivity index (χ0n) is 25.6. The number of thioether (sulfide) groups is 1. The van der Waals surface area contributed by atoms with Gasteiger partial charge in [0.2, 0.25) is 10.0 Å². The maximum absolute atomic E-state index is 12.7. The van der Waals surface area contributed by atoms with E-state index in [0.717, 1.165) is 38.5 Å². The molecule has 0 bridgehead atoms. The van der Waals surface area contributed by atoms with E-state index in [1.54, 1.807) is 48.4 Å². The number of nitrogens with zero attached hydrogens (tertiary/aromatic N) is 3. The Morgan fingerprint density at radius 2 is 1.61 bits per heavy atom. The van der Waals surface area contributed by atoms with Crippen LogP contribution in [-0.4, -0.2) is 40.1 Å². The van der Waals surface area contributed by atoms with Crippen molar-refractivity contribution in [2.75, 3.05) is 5.75 Å². The number of hydrogen-bond donors (Lipinski definition) is 2. The summed E-state index contributed by atoms with van der Waals surface area (Å²) in [5.41, 5.74) is 5.60. The van der Waals surface area contributed by atoms with Crippen molar-refractivity contribution < 1.29 is 23.0 Å². The molecule has 1 aromatic heterocycles. The van der Waals surface area contributed by atoms with E-state index in [9.17, 15) is 13.5 Å². The van der Waals surface area contributed by atoms with Gasteiger partial charge in [0.15, 0.2) is 11.4 Å². The number of ether oxygens (including phenoxy) is 2. The summed E-state index contributed by atoms with van der Waals surface area (Å²) in [5, 5.41) is 18.6. The maximum atomic E-state index is 12.7. The Morgan fingerprint density at radius 3 is 2.30 bits per heavy atom. The summed E-state index contributed by atoms with van der Waals surface area (Å²) in [7, 11) is -1.69. The number of aliphatic hydroxyl groups excluding tert-OH is 1. The Hall–Kier alpha value is -3.84. The molecular weight excluding hydrogens is 621 g/mol. The van der Waals surface area contributed by atoms with E-state index in [1.807, 2.05) is 84.4 Å². The van der Waals surface area contributed by atoms with Crippen molar-refractivity contribution in [1.29, 1.82) is 0 Å². The average molecular weight is 657 g/mol. The van der Waals surface area contributed by atoms with Crippen LogP contribution in [0, 0.1) is 5.92 Å². The van der Waals surface area contributed by atoms with E-state index >= 15 is 0 Å². The standard InChI is InChI=1S/C35H36N4O5S2/c1-24-32(22-45-35-38-36-23-39(35)2)43-34(44-33(24)28-13-11-25(21-40)12-14-28)29-17-15-27(16-18-29)30-8-6-7-26(19-30)20-37-46(41,42)31-9-4-3-5-10-31/h3-19,23-24,32-34,37,40H,20-22H2,1-2H3/t24-,32+,33+,34+/m1/s1. The van der Waals surface area contributed by atoms with Crippen LogP contribution in [0.15, 0.2) is 120 Å². The first kappa shape index (κ1) is 32.1. The number of sulfonamides is 1. The molecule has 2 heterocycles. The van der Waals surface area contributed by atoms with Crippen molar-refractivity contribution in [3.8, 4) is 11.1 Å². The Bertz CT molecular complexity index is 1850. The second-order valence-corrected chi connectivity index (χ2v) is 14.1. The van der Waals surface area contributed by atoms with Gasteiger partial charge in [0.05, 0.1) is 23.7 Å². The molecule has 238 valence electrons. The lowest BCUT2D eigenvalue weighted by Gasteiger charge is -2.41. The van der Waals surface area contributed by atoms with Crippen molar-refractivity contribution in [1.82, 2.24) is 19.5 Å². The molecule has 1 aliphatic rings. The third kappa shape index (κ3) is 7.41. The van der Waals surface area contributed by atoms with Gasteiger partial charge in [-0.2, -0.15) is 0 Å². The quantitative estimate of drug-likeness (QED) is 0.166. The second kappa shape index (κ2) is 14.3. The zero-order chi connectivity index (χ0) is 32.1. The summed E-state index contributed by atoms with van der Waals surface area (Å²) >= 11 is 1.60. The molecule has 0 unspecified atom stereocenters. The van der Waals surface area contributed by atoms with Gasteiger partial charge in [-0.05, 0) is 46.0 Å². The van der Waals surface area contributed by atoms with Crippen molar-refractivity contribution in [3.63, 3.8) is 0 Å². The first-order valence-electron chi connectivity index (χ1n) is 15.0. The fourth-order valence-electron chi connectivity index (χ4n) is 5.42. The van der Waals surface area contributed by atoms with Crippen LogP contribution in [0.4, 0.5) is 0 Å². The summed E-state index contributed by atoms with van der Waals surface area (Å²) in [5.74, 6) is 0.732. The molecule has 0 spiro atoms. The Labute approximate surface area is 273 Å². The van der Waals surface area contributed by atoms with Gasteiger partial charge < -0.3 is 19.1 Å². The van der Waals surface area contributed by atoms with E-state index in [2.05, 4.69) is 21.8 Å². The lowest BCUT2D eigenvalue weighted by molar-refractivity contribution is -0.268. The van der Waals surface area contributed by atoms with Gasteiger partial charge in [-0.1, -0.05) is 104 Å². The molecule has 4 aromatic carbocycles. The summed E-state index contributed by atoms with van der Waals surface area (Å²) in [6.07, 6.45) is 0.758. The van der Waals surface area contributed by atoms with E-state index < -0.39 is 16.3 Å². The molecule has 46 heavy (non-hydrogen) atoms. The fourth-order valence-corrected chi connectivity index (χ4v) is 7.51. The first-order chi connectivity index (χ1) is 22.3. The van der Waals surface area contributed by atoms with Gasteiger partial charge in [-0.25, -0.2) is 13.1 Å². The fraction of sp³-hybridized carbons (Fsp3) is 0.257. The highest BCUT2D eigenvalue weighted by Crippen LogP contribution is 2.43. The minimum atomic E-state index is -3.61. The number of aryl methyl sites for hydroxylation is 1. The second-order valence-electron chi connectivity index (χ2n) is 11.3. The molecule has 0 amide bonds. The van der Waals surface area contributed by atoms with Crippen LogP contribution in [0.5, 0.6) is 0 Å². The lowest BCUT2D eigenvalue weighted by Crippen LogP contribution is -2.38. The summed E-state index contributed by atoms with van der Waals surface area (Å²) in [6, 6.07) is 32.1. The van der Waals surface area contributed by atoms with Gasteiger partial charge in [0.25, 0.3) is 0 Å². The van der Waals surface area contributed by atoms with Gasteiger partial charge >= 0.3 is 0 Å². The van der Waals surface area contributed by atoms with Crippen LogP contribution >= 0.6 is 11.8 Å². The number of nitrogens with one attached hydrogen (secondary N) is 1. The molecule has 5 aromatic rings. The van der Waals surface area contributed by atoms with Gasteiger partial charge in [0, 0.05) is 30.8 Å². The Kier molecular flexibility index (Phi) is 9.98. The molecule has 4 atom stereocenters. The van der Waals surface area contributed by atoms with Gasteiger partial charge in [-0.15, -0.1) is 10.2 Å². The summed E-state index contributed by atoms with van der Waals surface area (Å²) in [4.78, 5) is 0.238. The predicted molar refractivity (Wildman–Crippen MR) is 177 cm³/mol. The Balaban J connectivity index is 1.19. The van der Waals surface area contributed by atoms with Gasteiger partial charge in [0.1, 0.15) is 6.33 Å². The Morgan fingerprint density at radius 1 is 0.870 bits per heavy atom. The van der Waals surface area contributed by atoms with Crippen molar-refractivity contribution in [2.24, 2.45) is 13.0 Å². The topological polar surface area (TPSA) is 116 Å². The minimum Gasteiger partial charge on any atom is -0.392 e. The SMILES string of the molecule is C[C@@H]1[C@H](CSc2nncn2C)O[C@H](c2ccc(-c3cccc(CNS(=O)(=O)c4ccccc4)c3)cc2)O[C@@H]1c1ccc(CO)cc1. The molecule has 0 aliphatic carbocycles. The van der Waals surface area contributed by atoms with Crippen LogP contribution in [0.3, 0.4) is 0 Å². The molecule has 0 saturated carbocycles. The van der Waals surface area contributed by atoms with E-state index in [0.29, 0.717) is 5.75 Å². The lowest BCUT2D eigenvalue weighted by atomic mass is 9.91. The molecule has 1 fully saturated rings. The van der Waals surface area contributed by atoms with Crippen LogP contribution in [0.2, 0.25) is 0 Å². The highest BCUT2D eigenvalue weighted by atomic mass is 32.2. The minimum absolute atomic E-state index is 0.0113. The molecule has 11 heteroatoms. The normalized spacial score (nSPS) is 20.1. The molecule has 1 saturated heterocycles. The number of benzene rings is 4. The van der Waals surface area contributed by atoms with E-state index in [1.165, 1.54) is 0 Å². The summed E-state index contributed by atoms with van der Waals surface area (Å²) in [6.45, 7) is 2.31. The highest BCUT2D eigenvalue weighted by Gasteiger charge is 2.38. The molecule has 6 rings (SSSR count). The number of aliphatic hydroxyl groups is 1. The smallest absolute Gasteiger partial charge is 0.240 e. The van der Waals surface area contributed by atoms with Crippen molar-refractivity contribution in [3.05, 3.63) is 132 Å². The van der Waals surface area contributed by atoms with E-state index in [-0.39, 0.29) is 36.2 Å². The molecule has 9 nitrogen and oxygen atoms in total. The third-order valence-electron chi connectivity index (χ3n) is 8.13. The van der Waals surface area contributed by atoms with Crippen LogP contribution in [0.25, 0.3) is 11.1 Å². The molecular formula is C35H36N4O5S2. The molecule has 0 radical (unpaired) electrons. The van der Waals surface area contributed by atoms with Crippen molar-refractivity contribution >= 4 is 21.8 Å². The van der Waals surface area contributed by atoms with Crippen LogP contribution < -0.4 is 4.72 Å². The number of rotatable bonds is 11. The monoisotopic (exact) mass is 656 g/mol. The van der Waals surface area contributed by atoms with Gasteiger partial charge in [-0.3, -0.25) is 0 Å². The third-order valence-corrected chi connectivity index (χ3v) is 10.7. The zero-order valence-corrected chi connectivity index (χ0v) is 27.2. The average Bonchev–Trinajstić information content (AvgIpc) is 3.52. The maximum Gasteiger partial charge on any atom is 0.240 e. The predicted octanol–water partition coefficient (Wildman–Crippen LogP) is 6.04. The van der Waals surface area contributed by atoms with Crippen LogP contribution in [-0.2, 0) is 39.7 Å². The highest BCUT2D eigenvalue weighted by molar-refractivity contribution is 7.99. The largest absolute Gasteiger partial charge is 0.392 e. The summed E-state index contributed by atoms with van der Waals surface area (Å²) < 4.78 is 43.2. The van der Waals surface area contributed by atoms with Crippen molar-refractivity contribution in [2.45, 2.75) is 48.6 Å². The molecule has 1 aliphatic heterocycles. The van der Waals surface area contributed by atoms with Crippen LogP contribution in [0.1, 0.15) is 41.6 Å². The number of hydrogen-bond acceptors (Lipinski definition) is 8. The first-order valence-corrected chi connectivity index (χ1v) is 17.5.